The molecule has 0 radical (unpaired) electrons. The number of amides is 1. The summed E-state index contributed by atoms with van der Waals surface area (Å²) in [5.74, 6) is -1.71. The molecule has 0 aliphatic carbocycles. The molecule has 0 aromatic heterocycles. The Morgan fingerprint density at radius 1 is 1.33 bits per heavy atom. The highest BCUT2D eigenvalue weighted by Crippen LogP contribution is 2.10. The number of halogens is 2. The molecule has 0 spiro atoms. The molecule has 3 nitrogen and oxygen atoms in total. The number of rotatable bonds is 2. The third kappa shape index (κ3) is 3.12. The van der Waals surface area contributed by atoms with Gasteiger partial charge in [0.25, 0.3) is 0 Å². The Balaban J connectivity index is 2.95. The summed E-state index contributed by atoms with van der Waals surface area (Å²) in [7, 11) is 0. The molecule has 0 saturated carbocycles. The van der Waals surface area contributed by atoms with Crippen LogP contribution < -0.4 is 5.43 Å². The normalized spacial score (nSPS) is 11.3. The summed E-state index contributed by atoms with van der Waals surface area (Å²) in [6.45, 7) is 2.81. The smallest absolute Gasteiger partial charge is 0.236 e. The number of carbonyl (C=O) groups excluding carboxylic acids is 1. The van der Waals surface area contributed by atoms with Crippen molar-refractivity contribution in [2.75, 3.05) is 0 Å². The second-order valence-electron chi connectivity index (χ2n) is 2.99. The quantitative estimate of drug-likeness (QED) is 0.589. The van der Waals surface area contributed by atoms with E-state index in [2.05, 4.69) is 10.5 Å². The second-order valence-corrected chi connectivity index (χ2v) is 2.99. The molecular formula is C10H10F2N2O. The molecule has 0 saturated heterocycles. The molecule has 5 heteroatoms. The van der Waals surface area contributed by atoms with E-state index < -0.39 is 11.6 Å². The monoisotopic (exact) mass is 212 g/mol. The van der Waals surface area contributed by atoms with E-state index in [-0.39, 0.29) is 17.2 Å². The fourth-order valence-electron chi connectivity index (χ4n) is 1.01. The summed E-state index contributed by atoms with van der Waals surface area (Å²) in [4.78, 5) is 10.5. The van der Waals surface area contributed by atoms with Crippen molar-refractivity contribution in [3.63, 3.8) is 0 Å². The first-order valence-electron chi connectivity index (χ1n) is 4.27. The summed E-state index contributed by atoms with van der Waals surface area (Å²) in [6, 6.07) is 3.17. The van der Waals surface area contributed by atoms with E-state index in [1.54, 1.807) is 0 Å². The molecule has 80 valence electrons. The number of carbonyl (C=O) groups is 1. The first-order chi connectivity index (χ1) is 7.00. The van der Waals surface area contributed by atoms with Gasteiger partial charge in [-0.1, -0.05) is 0 Å². The van der Waals surface area contributed by atoms with Crippen molar-refractivity contribution >= 4 is 11.6 Å². The van der Waals surface area contributed by atoms with Gasteiger partial charge in [-0.25, -0.2) is 14.2 Å². The molecular weight excluding hydrogens is 202 g/mol. The van der Waals surface area contributed by atoms with Crippen molar-refractivity contribution in [3.8, 4) is 0 Å². The minimum atomic E-state index is -0.707. The standard InChI is InChI=1S/C10H10F2N2O/c1-6(13-14-7(2)15)9-4-3-8(11)5-10(9)12/h3-5H,1-2H3,(H,14,15)/b13-6-. The van der Waals surface area contributed by atoms with Gasteiger partial charge in [0.2, 0.25) is 5.91 Å². The van der Waals surface area contributed by atoms with Gasteiger partial charge in [-0.3, -0.25) is 4.79 Å². The zero-order chi connectivity index (χ0) is 11.4. The van der Waals surface area contributed by atoms with Crippen LogP contribution >= 0.6 is 0 Å². The molecule has 1 rings (SSSR count). The third-order valence-electron chi connectivity index (χ3n) is 1.70. The molecule has 0 aliphatic heterocycles. The first kappa shape index (κ1) is 11.3. The molecule has 0 aliphatic rings. The SMILES string of the molecule is CC(=O)N/N=C(/C)c1ccc(F)cc1F. The number of hydrazone groups is 1. The largest absolute Gasteiger partial charge is 0.274 e. The predicted octanol–water partition coefficient (Wildman–Crippen LogP) is 1.82. The van der Waals surface area contributed by atoms with Crippen LogP contribution in [0.3, 0.4) is 0 Å². The number of nitrogens with one attached hydrogen (secondary N) is 1. The van der Waals surface area contributed by atoms with Crippen molar-refractivity contribution in [1.29, 1.82) is 0 Å². The van der Waals surface area contributed by atoms with Crippen LogP contribution in [0, 0.1) is 11.6 Å². The highest BCUT2D eigenvalue weighted by atomic mass is 19.1. The van der Waals surface area contributed by atoms with Crippen LogP contribution in [0.1, 0.15) is 19.4 Å². The summed E-state index contributed by atoms with van der Waals surface area (Å²) >= 11 is 0. The molecule has 1 aromatic rings. The van der Waals surface area contributed by atoms with Crippen LogP contribution in [0.2, 0.25) is 0 Å². The number of nitrogens with zero attached hydrogens (tertiary/aromatic N) is 1. The highest BCUT2D eigenvalue weighted by Gasteiger charge is 2.06. The summed E-state index contributed by atoms with van der Waals surface area (Å²) in [6.07, 6.45) is 0. The van der Waals surface area contributed by atoms with Crippen LogP contribution in [-0.2, 0) is 4.79 Å². The van der Waals surface area contributed by atoms with Gasteiger partial charge in [-0.15, -0.1) is 0 Å². The van der Waals surface area contributed by atoms with E-state index in [0.717, 1.165) is 12.1 Å². The maximum Gasteiger partial charge on any atom is 0.236 e. The van der Waals surface area contributed by atoms with Gasteiger partial charge in [-0.05, 0) is 19.1 Å². The van der Waals surface area contributed by atoms with Crippen molar-refractivity contribution < 1.29 is 13.6 Å². The minimum Gasteiger partial charge on any atom is -0.274 e. The van der Waals surface area contributed by atoms with E-state index in [0.29, 0.717) is 0 Å². The predicted molar refractivity (Wildman–Crippen MR) is 52.4 cm³/mol. The Morgan fingerprint density at radius 3 is 2.53 bits per heavy atom. The van der Waals surface area contributed by atoms with Crippen LogP contribution in [0.15, 0.2) is 23.3 Å². The van der Waals surface area contributed by atoms with E-state index in [4.69, 9.17) is 0 Å². The zero-order valence-electron chi connectivity index (χ0n) is 8.34. The Labute approximate surface area is 85.8 Å². The van der Waals surface area contributed by atoms with Gasteiger partial charge in [0, 0.05) is 18.6 Å². The van der Waals surface area contributed by atoms with Gasteiger partial charge >= 0.3 is 0 Å². The van der Waals surface area contributed by atoms with E-state index in [1.165, 1.54) is 19.9 Å². The molecule has 0 fully saturated rings. The van der Waals surface area contributed by atoms with Gasteiger partial charge in [-0.2, -0.15) is 5.10 Å². The topological polar surface area (TPSA) is 41.5 Å². The Morgan fingerprint density at radius 2 is 2.00 bits per heavy atom. The van der Waals surface area contributed by atoms with Crippen LogP contribution in [0.5, 0.6) is 0 Å². The Kier molecular flexibility index (Phi) is 3.49. The maximum atomic E-state index is 13.2. The minimum absolute atomic E-state index is 0.158. The van der Waals surface area contributed by atoms with Gasteiger partial charge < -0.3 is 0 Å². The Hall–Kier alpha value is -1.78. The van der Waals surface area contributed by atoms with Gasteiger partial charge in [0.15, 0.2) is 0 Å². The molecule has 1 N–H and O–H groups in total. The van der Waals surface area contributed by atoms with Crippen molar-refractivity contribution in [1.82, 2.24) is 5.43 Å². The van der Waals surface area contributed by atoms with E-state index >= 15 is 0 Å². The van der Waals surface area contributed by atoms with E-state index in [1.807, 2.05) is 0 Å². The molecule has 0 bridgehead atoms. The van der Waals surface area contributed by atoms with Crippen LogP contribution in [0.25, 0.3) is 0 Å². The van der Waals surface area contributed by atoms with Gasteiger partial charge in [0.1, 0.15) is 11.6 Å². The van der Waals surface area contributed by atoms with Crippen molar-refractivity contribution in [3.05, 3.63) is 35.4 Å². The highest BCUT2D eigenvalue weighted by molar-refractivity contribution is 5.99. The number of hydrogen-bond donors (Lipinski definition) is 1. The molecule has 15 heavy (non-hydrogen) atoms. The average molecular weight is 212 g/mol. The van der Waals surface area contributed by atoms with Gasteiger partial charge in [0.05, 0.1) is 5.71 Å². The lowest BCUT2D eigenvalue weighted by molar-refractivity contribution is -0.118. The maximum absolute atomic E-state index is 13.2. The average Bonchev–Trinajstić information content (AvgIpc) is 2.14. The number of benzene rings is 1. The molecule has 0 unspecified atom stereocenters. The lowest BCUT2D eigenvalue weighted by atomic mass is 10.1. The summed E-state index contributed by atoms with van der Waals surface area (Å²) in [5.41, 5.74) is 2.61. The molecule has 1 amide bonds. The molecule has 0 heterocycles. The van der Waals surface area contributed by atoms with Crippen molar-refractivity contribution in [2.45, 2.75) is 13.8 Å². The Bertz CT molecular complexity index is 416. The van der Waals surface area contributed by atoms with Crippen LogP contribution in [0.4, 0.5) is 8.78 Å². The van der Waals surface area contributed by atoms with Crippen LogP contribution in [-0.4, -0.2) is 11.6 Å². The van der Waals surface area contributed by atoms with E-state index in [9.17, 15) is 13.6 Å². The fourth-order valence-corrected chi connectivity index (χ4v) is 1.01. The number of hydrogen-bond acceptors (Lipinski definition) is 2. The molecule has 0 atom stereocenters. The third-order valence-corrected chi connectivity index (χ3v) is 1.70. The first-order valence-corrected chi connectivity index (χ1v) is 4.27. The lowest BCUT2D eigenvalue weighted by Crippen LogP contribution is -2.15. The summed E-state index contributed by atoms with van der Waals surface area (Å²) in [5, 5.41) is 3.64. The molecule has 1 aromatic carbocycles. The zero-order valence-corrected chi connectivity index (χ0v) is 8.34. The lowest BCUT2D eigenvalue weighted by Gasteiger charge is -2.02. The van der Waals surface area contributed by atoms with Crippen molar-refractivity contribution in [2.24, 2.45) is 5.10 Å². The fraction of sp³-hybridized carbons (Fsp3) is 0.200. The summed E-state index contributed by atoms with van der Waals surface area (Å²) < 4.78 is 25.8. The second kappa shape index (κ2) is 4.63.